The molecule has 7 nitrogen and oxygen atoms in total. The zero-order chi connectivity index (χ0) is 20.8. The fraction of sp³-hybridized carbons (Fsp3) is 0.0435. The van der Waals surface area contributed by atoms with E-state index in [1.165, 1.54) is 4.88 Å². The summed E-state index contributed by atoms with van der Waals surface area (Å²) in [5.41, 5.74) is 6.34. The molecule has 0 saturated carbocycles. The Kier molecular flexibility index (Phi) is 4.03. The maximum absolute atomic E-state index is 5.32. The van der Waals surface area contributed by atoms with Crippen molar-refractivity contribution in [2.75, 3.05) is 7.11 Å². The fourth-order valence-electron chi connectivity index (χ4n) is 3.72. The molecule has 0 amide bonds. The second-order valence-electron chi connectivity index (χ2n) is 7.07. The lowest BCUT2D eigenvalue weighted by Gasteiger charge is -2.04. The standard InChI is InChI=1S/C23H16N6OS/c1-30-15-9-14(11-24-12-15)13-4-5-18-17(10-13)21(29-28-18)23-26-20-16(19-3-2-8-31-19)6-7-25-22(20)27-23/h2-12H,1H3,(H,28,29)(H,25,26,27). The minimum atomic E-state index is 0.671. The number of imidazole rings is 1. The van der Waals surface area contributed by atoms with Gasteiger partial charge in [-0.15, -0.1) is 11.3 Å². The summed E-state index contributed by atoms with van der Waals surface area (Å²) in [6.45, 7) is 0. The highest BCUT2D eigenvalue weighted by Gasteiger charge is 2.16. The quantitative estimate of drug-likeness (QED) is 0.401. The summed E-state index contributed by atoms with van der Waals surface area (Å²) < 4.78 is 5.32. The Balaban J connectivity index is 1.50. The smallest absolute Gasteiger partial charge is 0.178 e. The van der Waals surface area contributed by atoms with Crippen LogP contribution in [0.2, 0.25) is 0 Å². The molecule has 0 unspecified atom stereocenters. The fourth-order valence-corrected chi connectivity index (χ4v) is 4.48. The van der Waals surface area contributed by atoms with E-state index >= 15 is 0 Å². The van der Waals surface area contributed by atoms with Crippen LogP contribution in [0.5, 0.6) is 5.75 Å². The molecular formula is C23H16N6OS. The highest BCUT2D eigenvalue weighted by atomic mass is 32.1. The lowest BCUT2D eigenvalue weighted by Crippen LogP contribution is -1.86. The van der Waals surface area contributed by atoms with Gasteiger partial charge in [-0.1, -0.05) is 12.1 Å². The Morgan fingerprint density at radius 3 is 2.87 bits per heavy atom. The Labute approximate surface area is 180 Å². The van der Waals surface area contributed by atoms with Gasteiger partial charge in [0.05, 0.1) is 24.3 Å². The summed E-state index contributed by atoms with van der Waals surface area (Å²) in [6.07, 6.45) is 5.30. The SMILES string of the molecule is COc1cncc(-c2ccc3[nH]nc(-c4nc5nccc(-c6cccs6)c5[nH]4)c3c2)c1. The Hall–Kier alpha value is -4.04. The van der Waals surface area contributed by atoms with Gasteiger partial charge in [0.2, 0.25) is 0 Å². The highest BCUT2D eigenvalue weighted by Crippen LogP contribution is 2.34. The number of rotatable bonds is 4. The van der Waals surface area contributed by atoms with Gasteiger partial charge in [0.25, 0.3) is 0 Å². The van der Waals surface area contributed by atoms with E-state index in [0.29, 0.717) is 11.5 Å². The van der Waals surface area contributed by atoms with Gasteiger partial charge in [0.15, 0.2) is 11.5 Å². The molecule has 5 aromatic heterocycles. The number of aromatic nitrogens is 6. The Morgan fingerprint density at radius 1 is 1.03 bits per heavy atom. The van der Waals surface area contributed by atoms with Crippen molar-refractivity contribution >= 4 is 33.4 Å². The van der Waals surface area contributed by atoms with Crippen molar-refractivity contribution in [1.82, 2.24) is 30.1 Å². The Morgan fingerprint density at radius 2 is 2.00 bits per heavy atom. The number of ether oxygens (including phenoxy) is 1. The van der Waals surface area contributed by atoms with Crippen LogP contribution in [0.15, 0.2) is 66.4 Å². The van der Waals surface area contributed by atoms with Crippen LogP contribution in [0.25, 0.3) is 55.2 Å². The normalized spacial score (nSPS) is 11.4. The number of thiophene rings is 1. The van der Waals surface area contributed by atoms with E-state index in [2.05, 4.69) is 42.7 Å². The van der Waals surface area contributed by atoms with Crippen LogP contribution in [-0.2, 0) is 0 Å². The van der Waals surface area contributed by atoms with Crippen LogP contribution in [0, 0.1) is 0 Å². The maximum atomic E-state index is 5.32. The van der Waals surface area contributed by atoms with Gasteiger partial charge >= 0.3 is 0 Å². The average molecular weight is 424 g/mol. The summed E-state index contributed by atoms with van der Waals surface area (Å²) in [6, 6.07) is 14.2. The van der Waals surface area contributed by atoms with Gasteiger partial charge < -0.3 is 9.72 Å². The first-order valence-electron chi connectivity index (χ1n) is 9.66. The van der Waals surface area contributed by atoms with Crippen molar-refractivity contribution < 1.29 is 4.74 Å². The number of nitrogens with zero attached hydrogens (tertiary/aromatic N) is 4. The third kappa shape index (κ3) is 2.96. The average Bonchev–Trinajstić information content (AvgIpc) is 3.57. The molecule has 5 heterocycles. The van der Waals surface area contributed by atoms with Gasteiger partial charge in [-0.2, -0.15) is 5.10 Å². The first-order valence-corrected chi connectivity index (χ1v) is 10.5. The molecule has 0 spiro atoms. The molecule has 0 saturated heterocycles. The number of pyridine rings is 2. The lowest BCUT2D eigenvalue weighted by molar-refractivity contribution is 0.413. The molecule has 0 aliphatic heterocycles. The minimum Gasteiger partial charge on any atom is -0.495 e. The van der Waals surface area contributed by atoms with Gasteiger partial charge in [0.1, 0.15) is 11.4 Å². The topological polar surface area (TPSA) is 92.4 Å². The second kappa shape index (κ2) is 7.03. The first kappa shape index (κ1) is 17.8. The predicted molar refractivity (Wildman–Crippen MR) is 122 cm³/mol. The third-order valence-electron chi connectivity index (χ3n) is 5.25. The van der Waals surface area contributed by atoms with E-state index in [1.54, 1.807) is 30.8 Å². The number of hydrogen-bond acceptors (Lipinski definition) is 6. The number of aromatic amines is 2. The van der Waals surface area contributed by atoms with Crippen molar-refractivity contribution in [2.45, 2.75) is 0 Å². The van der Waals surface area contributed by atoms with Crippen molar-refractivity contribution in [2.24, 2.45) is 0 Å². The largest absolute Gasteiger partial charge is 0.495 e. The van der Waals surface area contributed by atoms with Crippen LogP contribution < -0.4 is 4.74 Å². The molecule has 0 fully saturated rings. The number of methoxy groups -OCH3 is 1. The van der Waals surface area contributed by atoms with E-state index in [9.17, 15) is 0 Å². The summed E-state index contributed by atoms with van der Waals surface area (Å²) in [5, 5.41) is 10.7. The second-order valence-corrected chi connectivity index (χ2v) is 8.01. The molecule has 1 aromatic carbocycles. The molecule has 6 rings (SSSR count). The van der Waals surface area contributed by atoms with Gasteiger partial charge in [-0.3, -0.25) is 10.1 Å². The molecule has 0 aliphatic rings. The van der Waals surface area contributed by atoms with E-state index in [-0.39, 0.29) is 0 Å². The predicted octanol–water partition coefficient (Wildman–Crippen LogP) is 5.30. The van der Waals surface area contributed by atoms with Crippen molar-refractivity contribution in [3.63, 3.8) is 0 Å². The third-order valence-corrected chi connectivity index (χ3v) is 6.15. The molecule has 2 N–H and O–H groups in total. The van der Waals surface area contributed by atoms with E-state index in [1.807, 2.05) is 36.5 Å². The van der Waals surface area contributed by atoms with Crippen LogP contribution in [0.1, 0.15) is 0 Å². The van der Waals surface area contributed by atoms with Crippen molar-refractivity contribution in [3.8, 4) is 38.8 Å². The van der Waals surface area contributed by atoms with Crippen LogP contribution in [-0.4, -0.2) is 37.2 Å². The molecule has 0 atom stereocenters. The van der Waals surface area contributed by atoms with Crippen molar-refractivity contribution in [1.29, 1.82) is 0 Å². The van der Waals surface area contributed by atoms with Crippen LogP contribution in [0.4, 0.5) is 0 Å². The summed E-state index contributed by atoms with van der Waals surface area (Å²) in [4.78, 5) is 18.1. The highest BCUT2D eigenvalue weighted by molar-refractivity contribution is 7.13. The summed E-state index contributed by atoms with van der Waals surface area (Å²) in [7, 11) is 1.64. The monoisotopic (exact) mass is 424 g/mol. The Bertz CT molecular complexity index is 1530. The molecule has 31 heavy (non-hydrogen) atoms. The van der Waals surface area contributed by atoms with Gasteiger partial charge in [-0.05, 0) is 41.3 Å². The number of H-pyrrole nitrogens is 2. The molecule has 0 bridgehead atoms. The summed E-state index contributed by atoms with van der Waals surface area (Å²) >= 11 is 1.69. The van der Waals surface area contributed by atoms with Crippen molar-refractivity contribution in [3.05, 3.63) is 66.4 Å². The zero-order valence-electron chi connectivity index (χ0n) is 16.5. The molecule has 6 aromatic rings. The molecular weight excluding hydrogens is 408 g/mol. The van der Waals surface area contributed by atoms with Crippen LogP contribution >= 0.6 is 11.3 Å². The number of nitrogens with one attached hydrogen (secondary N) is 2. The van der Waals surface area contributed by atoms with E-state index in [4.69, 9.17) is 9.72 Å². The number of hydrogen-bond donors (Lipinski definition) is 2. The van der Waals surface area contributed by atoms with E-state index < -0.39 is 0 Å². The molecule has 8 heteroatoms. The first-order chi connectivity index (χ1) is 15.3. The maximum Gasteiger partial charge on any atom is 0.178 e. The van der Waals surface area contributed by atoms with E-state index in [0.717, 1.165) is 44.6 Å². The summed E-state index contributed by atoms with van der Waals surface area (Å²) in [5.74, 6) is 1.40. The lowest BCUT2D eigenvalue weighted by atomic mass is 10.0. The minimum absolute atomic E-state index is 0.671. The van der Waals surface area contributed by atoms with Gasteiger partial charge in [0, 0.05) is 33.8 Å². The van der Waals surface area contributed by atoms with Crippen LogP contribution in [0.3, 0.4) is 0 Å². The molecule has 0 radical (unpaired) electrons. The van der Waals surface area contributed by atoms with Gasteiger partial charge in [-0.25, -0.2) is 9.97 Å². The number of fused-ring (bicyclic) bond motifs is 2. The number of benzene rings is 1. The zero-order valence-corrected chi connectivity index (χ0v) is 17.3. The molecule has 150 valence electrons. The molecule has 0 aliphatic carbocycles.